The van der Waals surface area contributed by atoms with E-state index in [1.807, 2.05) is 22.6 Å². The standard InChI is InChI=1S/C7H5BrINO/c8-7-2-1-5(4-10-7)6(11)3-9/h1-2,4H,3H2. The predicted octanol–water partition coefficient (Wildman–Crippen LogP) is 2.46. The van der Waals surface area contributed by atoms with Gasteiger partial charge in [-0.2, -0.15) is 0 Å². The van der Waals surface area contributed by atoms with E-state index >= 15 is 0 Å². The summed E-state index contributed by atoms with van der Waals surface area (Å²) in [5.74, 6) is 0.116. The number of alkyl halides is 1. The van der Waals surface area contributed by atoms with E-state index in [1.165, 1.54) is 0 Å². The molecule has 1 aromatic rings. The van der Waals surface area contributed by atoms with E-state index in [4.69, 9.17) is 0 Å². The number of pyridine rings is 1. The number of aromatic nitrogens is 1. The lowest BCUT2D eigenvalue weighted by molar-refractivity contribution is 0.102. The van der Waals surface area contributed by atoms with Crippen LogP contribution >= 0.6 is 38.5 Å². The molecule has 4 heteroatoms. The van der Waals surface area contributed by atoms with Crippen molar-refractivity contribution in [2.75, 3.05) is 4.43 Å². The van der Waals surface area contributed by atoms with Crippen molar-refractivity contribution in [2.24, 2.45) is 0 Å². The molecule has 2 nitrogen and oxygen atoms in total. The molecule has 58 valence electrons. The molecule has 0 atom stereocenters. The first-order valence-electron chi connectivity index (χ1n) is 2.95. The van der Waals surface area contributed by atoms with Gasteiger partial charge in [0.25, 0.3) is 0 Å². The fourth-order valence-electron chi connectivity index (χ4n) is 0.618. The largest absolute Gasteiger partial charge is 0.293 e. The van der Waals surface area contributed by atoms with Crippen molar-refractivity contribution in [3.63, 3.8) is 0 Å². The Labute approximate surface area is 86.7 Å². The zero-order chi connectivity index (χ0) is 8.27. The number of ketones is 1. The maximum atomic E-state index is 11.1. The lowest BCUT2D eigenvalue weighted by atomic mass is 10.2. The van der Waals surface area contributed by atoms with Crippen LogP contribution in [0, 0.1) is 0 Å². The minimum atomic E-state index is 0.116. The first-order valence-corrected chi connectivity index (χ1v) is 5.26. The van der Waals surface area contributed by atoms with Crippen LogP contribution < -0.4 is 0 Å². The van der Waals surface area contributed by atoms with Crippen LogP contribution in [0.1, 0.15) is 10.4 Å². The molecule has 1 rings (SSSR count). The van der Waals surface area contributed by atoms with E-state index in [9.17, 15) is 4.79 Å². The average molecular weight is 326 g/mol. The number of hydrogen-bond acceptors (Lipinski definition) is 2. The Balaban J connectivity index is 2.90. The van der Waals surface area contributed by atoms with Gasteiger partial charge >= 0.3 is 0 Å². The Morgan fingerprint density at radius 1 is 1.64 bits per heavy atom. The molecule has 0 amide bonds. The van der Waals surface area contributed by atoms with Crippen LogP contribution in [0.5, 0.6) is 0 Å². The van der Waals surface area contributed by atoms with Gasteiger partial charge < -0.3 is 0 Å². The minimum absolute atomic E-state index is 0.116. The zero-order valence-electron chi connectivity index (χ0n) is 5.55. The molecule has 0 fully saturated rings. The first-order chi connectivity index (χ1) is 5.24. The molecule has 0 aliphatic carbocycles. The van der Waals surface area contributed by atoms with E-state index in [0.29, 0.717) is 9.99 Å². The molecule has 0 saturated heterocycles. The van der Waals surface area contributed by atoms with Crippen LogP contribution in [0.2, 0.25) is 0 Å². The number of carbonyl (C=O) groups excluding carboxylic acids is 1. The first kappa shape index (κ1) is 9.12. The van der Waals surface area contributed by atoms with Crippen LogP contribution in [-0.4, -0.2) is 15.2 Å². The van der Waals surface area contributed by atoms with Crippen LogP contribution in [-0.2, 0) is 0 Å². The molecule has 1 heterocycles. The molecule has 11 heavy (non-hydrogen) atoms. The van der Waals surface area contributed by atoms with Gasteiger partial charge in [-0.15, -0.1) is 0 Å². The highest BCUT2D eigenvalue weighted by Gasteiger charge is 2.02. The quantitative estimate of drug-likeness (QED) is 0.362. The second kappa shape index (κ2) is 4.15. The maximum Gasteiger partial charge on any atom is 0.174 e. The Bertz CT molecular complexity index is 260. The smallest absolute Gasteiger partial charge is 0.174 e. The molecule has 0 aliphatic rings. The maximum absolute atomic E-state index is 11.1. The predicted molar refractivity (Wildman–Crippen MR) is 55.2 cm³/mol. The third kappa shape index (κ3) is 2.52. The average Bonchev–Trinajstić information content (AvgIpc) is 2.05. The molecule has 0 aromatic carbocycles. The van der Waals surface area contributed by atoms with Crippen LogP contribution in [0.4, 0.5) is 0 Å². The molecule has 0 aliphatic heterocycles. The summed E-state index contributed by atoms with van der Waals surface area (Å²) in [6.07, 6.45) is 1.57. The molecule has 0 unspecified atom stereocenters. The van der Waals surface area contributed by atoms with E-state index in [2.05, 4.69) is 20.9 Å². The Kier molecular flexibility index (Phi) is 3.45. The number of hydrogen-bond donors (Lipinski definition) is 0. The fraction of sp³-hybridized carbons (Fsp3) is 0.143. The lowest BCUT2D eigenvalue weighted by Gasteiger charge is -1.94. The summed E-state index contributed by atoms with van der Waals surface area (Å²) >= 11 is 5.23. The topological polar surface area (TPSA) is 30.0 Å². The summed E-state index contributed by atoms with van der Waals surface area (Å²) in [7, 11) is 0. The molecule has 0 radical (unpaired) electrons. The van der Waals surface area contributed by atoms with E-state index in [-0.39, 0.29) is 5.78 Å². The second-order valence-electron chi connectivity index (χ2n) is 1.93. The summed E-state index contributed by atoms with van der Waals surface area (Å²) in [6, 6.07) is 3.53. The van der Waals surface area contributed by atoms with Crippen molar-refractivity contribution in [3.8, 4) is 0 Å². The Hall–Kier alpha value is 0.0300. The van der Waals surface area contributed by atoms with Crippen molar-refractivity contribution in [3.05, 3.63) is 28.5 Å². The van der Waals surface area contributed by atoms with Gasteiger partial charge in [0.1, 0.15) is 4.60 Å². The summed E-state index contributed by atoms with van der Waals surface area (Å²) in [4.78, 5) is 15.0. The molecule has 0 saturated carbocycles. The summed E-state index contributed by atoms with van der Waals surface area (Å²) < 4.78 is 1.25. The molecule has 0 spiro atoms. The van der Waals surface area contributed by atoms with Crippen molar-refractivity contribution < 1.29 is 4.79 Å². The van der Waals surface area contributed by atoms with Crippen molar-refractivity contribution in [2.45, 2.75) is 0 Å². The molecular weight excluding hydrogens is 321 g/mol. The summed E-state index contributed by atoms with van der Waals surface area (Å²) in [5, 5.41) is 0. The second-order valence-corrected chi connectivity index (χ2v) is 3.50. The van der Waals surface area contributed by atoms with Crippen LogP contribution in [0.25, 0.3) is 0 Å². The van der Waals surface area contributed by atoms with Crippen molar-refractivity contribution in [1.29, 1.82) is 0 Å². The normalized spacial score (nSPS) is 9.64. The number of carbonyl (C=O) groups is 1. The summed E-state index contributed by atoms with van der Waals surface area (Å²) in [5.41, 5.74) is 0.669. The Morgan fingerprint density at radius 2 is 2.36 bits per heavy atom. The highest BCUT2D eigenvalue weighted by Crippen LogP contribution is 2.07. The van der Waals surface area contributed by atoms with Gasteiger partial charge in [-0.1, -0.05) is 22.6 Å². The fourth-order valence-corrected chi connectivity index (χ4v) is 1.29. The highest BCUT2D eigenvalue weighted by molar-refractivity contribution is 14.1. The molecular formula is C7H5BrINO. The number of nitrogens with zero attached hydrogens (tertiary/aromatic N) is 1. The monoisotopic (exact) mass is 325 g/mol. The van der Waals surface area contributed by atoms with E-state index in [1.54, 1.807) is 18.3 Å². The zero-order valence-corrected chi connectivity index (χ0v) is 9.29. The number of halogens is 2. The van der Waals surface area contributed by atoms with Crippen molar-refractivity contribution >= 4 is 44.3 Å². The van der Waals surface area contributed by atoms with Gasteiger partial charge in [-0.05, 0) is 28.1 Å². The molecule has 0 bridgehead atoms. The molecule has 0 N–H and O–H groups in total. The van der Waals surface area contributed by atoms with E-state index < -0.39 is 0 Å². The van der Waals surface area contributed by atoms with Gasteiger partial charge in [0.2, 0.25) is 0 Å². The Morgan fingerprint density at radius 3 is 2.82 bits per heavy atom. The number of Topliss-reactive ketones (excluding diaryl/α,β-unsaturated/α-hetero) is 1. The van der Waals surface area contributed by atoms with Crippen LogP contribution in [0.15, 0.2) is 22.9 Å². The van der Waals surface area contributed by atoms with Gasteiger partial charge in [0.15, 0.2) is 5.78 Å². The molecule has 1 aromatic heterocycles. The van der Waals surface area contributed by atoms with Gasteiger partial charge in [-0.25, -0.2) is 4.98 Å². The lowest BCUT2D eigenvalue weighted by Crippen LogP contribution is -1.99. The van der Waals surface area contributed by atoms with Crippen LogP contribution in [0.3, 0.4) is 0 Å². The highest BCUT2D eigenvalue weighted by atomic mass is 127. The van der Waals surface area contributed by atoms with Gasteiger partial charge in [-0.3, -0.25) is 4.79 Å². The van der Waals surface area contributed by atoms with Crippen molar-refractivity contribution in [1.82, 2.24) is 4.98 Å². The summed E-state index contributed by atoms with van der Waals surface area (Å²) in [6.45, 7) is 0. The van der Waals surface area contributed by atoms with E-state index in [0.717, 1.165) is 4.60 Å². The minimum Gasteiger partial charge on any atom is -0.293 e. The number of rotatable bonds is 2. The third-order valence-electron chi connectivity index (χ3n) is 1.17. The SMILES string of the molecule is O=C(CI)c1ccc(Br)nc1. The van der Waals surface area contributed by atoms with Gasteiger partial charge in [0, 0.05) is 11.8 Å². The third-order valence-corrected chi connectivity index (χ3v) is 2.33. The van der Waals surface area contributed by atoms with Gasteiger partial charge in [0.05, 0.1) is 4.43 Å².